The number of carbonyl (C=O) groups excluding carboxylic acids is 1. The molecule has 0 radical (unpaired) electrons. The maximum Gasteiger partial charge on any atom is 0.334 e. The van der Waals surface area contributed by atoms with Crippen LogP contribution in [-0.2, 0) is 16.0 Å². The van der Waals surface area contributed by atoms with Gasteiger partial charge in [-0.25, -0.2) is 9.78 Å². The monoisotopic (exact) mass is 475 g/mol. The summed E-state index contributed by atoms with van der Waals surface area (Å²) in [6.07, 6.45) is 7.07. The summed E-state index contributed by atoms with van der Waals surface area (Å²) < 4.78 is 12.8. The van der Waals surface area contributed by atoms with Crippen molar-refractivity contribution in [2.75, 3.05) is 20.3 Å². The first-order chi connectivity index (χ1) is 17.0. The molecule has 0 saturated heterocycles. The van der Waals surface area contributed by atoms with Crippen LogP contribution in [0.2, 0.25) is 0 Å². The van der Waals surface area contributed by atoms with E-state index in [9.17, 15) is 9.90 Å². The summed E-state index contributed by atoms with van der Waals surface area (Å²) in [5.41, 5.74) is 5.60. The average Bonchev–Trinajstić information content (AvgIpc) is 3.43. The van der Waals surface area contributed by atoms with Gasteiger partial charge in [-0.3, -0.25) is 0 Å². The zero-order valence-electron chi connectivity index (χ0n) is 20.5. The number of methoxy groups -OCH3 is 1. The Labute approximate surface area is 206 Å². The van der Waals surface area contributed by atoms with E-state index in [1.165, 1.54) is 5.56 Å². The highest BCUT2D eigenvalue weighted by atomic mass is 16.5. The number of aliphatic hydroxyl groups is 1. The van der Waals surface area contributed by atoms with Gasteiger partial charge >= 0.3 is 5.97 Å². The molecule has 4 rings (SSSR count). The molecule has 35 heavy (non-hydrogen) atoms. The molecule has 0 unspecified atom stereocenters. The number of imidazole rings is 1. The fourth-order valence-electron chi connectivity index (χ4n) is 4.56. The molecule has 2 aromatic carbocycles. The van der Waals surface area contributed by atoms with Crippen molar-refractivity contribution in [1.82, 2.24) is 14.9 Å². The number of carbonyl (C=O) groups is 1. The molecule has 184 valence electrons. The molecule has 0 saturated carbocycles. The topological polar surface area (TPSA) is 85.6 Å². The van der Waals surface area contributed by atoms with Crippen molar-refractivity contribution in [3.8, 4) is 11.4 Å². The fourth-order valence-corrected chi connectivity index (χ4v) is 4.56. The molecule has 3 aromatic rings. The van der Waals surface area contributed by atoms with Gasteiger partial charge in [0.15, 0.2) is 0 Å². The summed E-state index contributed by atoms with van der Waals surface area (Å²) in [7, 11) is 1.63. The molecule has 0 fully saturated rings. The summed E-state index contributed by atoms with van der Waals surface area (Å²) in [5.74, 6) is 0.377. The number of rotatable bonds is 10. The van der Waals surface area contributed by atoms with Crippen LogP contribution in [0.5, 0.6) is 5.75 Å². The second kappa shape index (κ2) is 11.3. The molecule has 0 spiro atoms. The van der Waals surface area contributed by atoms with Crippen LogP contribution < -0.4 is 10.1 Å². The Morgan fingerprint density at radius 2 is 2.11 bits per heavy atom. The zero-order chi connectivity index (χ0) is 24.8. The molecule has 1 aliphatic carbocycles. The Morgan fingerprint density at radius 3 is 2.86 bits per heavy atom. The van der Waals surface area contributed by atoms with Crippen molar-refractivity contribution in [2.24, 2.45) is 0 Å². The van der Waals surface area contributed by atoms with E-state index in [1.807, 2.05) is 54.1 Å². The van der Waals surface area contributed by atoms with Crippen molar-refractivity contribution in [3.63, 3.8) is 0 Å². The second-order valence-corrected chi connectivity index (χ2v) is 8.75. The zero-order valence-corrected chi connectivity index (χ0v) is 20.5. The van der Waals surface area contributed by atoms with Gasteiger partial charge in [0.05, 0.1) is 43.6 Å². The maximum atomic E-state index is 12.7. The van der Waals surface area contributed by atoms with Crippen LogP contribution in [0, 0.1) is 6.92 Å². The molecule has 7 heteroatoms. The molecular weight excluding hydrogens is 442 g/mol. The Kier molecular flexibility index (Phi) is 8.00. The number of hydrogen-bond acceptors (Lipinski definition) is 6. The number of benzene rings is 2. The van der Waals surface area contributed by atoms with Crippen LogP contribution in [-0.4, -0.2) is 47.0 Å². The molecule has 0 amide bonds. The van der Waals surface area contributed by atoms with Crippen LogP contribution in [0.4, 0.5) is 0 Å². The Balaban J connectivity index is 1.45. The molecule has 1 heterocycles. The number of aliphatic hydroxyl groups excluding tert-OH is 1. The second-order valence-electron chi connectivity index (χ2n) is 8.75. The van der Waals surface area contributed by atoms with Crippen LogP contribution in [0.15, 0.2) is 60.6 Å². The van der Waals surface area contributed by atoms with Gasteiger partial charge in [-0.15, -0.1) is 0 Å². The van der Waals surface area contributed by atoms with E-state index >= 15 is 0 Å². The van der Waals surface area contributed by atoms with Gasteiger partial charge in [0.25, 0.3) is 0 Å². The highest BCUT2D eigenvalue weighted by molar-refractivity contribution is 5.93. The molecule has 1 aliphatic rings. The molecule has 0 aliphatic heterocycles. The lowest BCUT2D eigenvalue weighted by Crippen LogP contribution is -2.29. The molecule has 7 nitrogen and oxygen atoms in total. The van der Waals surface area contributed by atoms with Crippen molar-refractivity contribution >= 4 is 12.0 Å². The first-order valence-corrected chi connectivity index (χ1v) is 12.1. The van der Waals surface area contributed by atoms with Gasteiger partial charge in [0.1, 0.15) is 5.75 Å². The molecule has 0 bridgehead atoms. The van der Waals surface area contributed by atoms with E-state index in [0.29, 0.717) is 37.3 Å². The number of aromatic nitrogens is 2. The third-order valence-electron chi connectivity index (χ3n) is 6.26. The van der Waals surface area contributed by atoms with E-state index in [-0.39, 0.29) is 12.0 Å². The van der Waals surface area contributed by atoms with Crippen LogP contribution in [0.1, 0.15) is 48.2 Å². The minimum atomic E-state index is -0.433. The average molecular weight is 476 g/mol. The summed E-state index contributed by atoms with van der Waals surface area (Å²) in [4.78, 5) is 16.9. The lowest BCUT2D eigenvalue weighted by atomic mass is 10.0. The van der Waals surface area contributed by atoms with Crippen LogP contribution >= 0.6 is 0 Å². The number of nitrogens with zero attached hydrogens (tertiary/aromatic N) is 2. The van der Waals surface area contributed by atoms with Gasteiger partial charge in [-0.1, -0.05) is 30.3 Å². The number of nitrogens with one attached hydrogen (secondary N) is 1. The quantitative estimate of drug-likeness (QED) is 0.260. The number of hydrogen-bond donors (Lipinski definition) is 2. The lowest BCUT2D eigenvalue weighted by Gasteiger charge is -2.18. The standard InChI is InChI=1S/C28H33N3O4/c1-4-35-28(33)22(9-7-13-29-27-23-10-6-5-8-21(23)16-25(27)32)14-20-11-12-24(26(15-20)34-3)31-17-19(2)30-18-31/h5-6,8,10-12,14-15,17-18,25,27,29,32H,4,7,9,13,16H2,1-3H3/b22-14+/t25-,27+/m0/s1. The number of esters is 1. The smallest absolute Gasteiger partial charge is 0.334 e. The van der Waals surface area contributed by atoms with E-state index in [4.69, 9.17) is 9.47 Å². The summed E-state index contributed by atoms with van der Waals surface area (Å²) in [5, 5.41) is 13.9. The highest BCUT2D eigenvalue weighted by Gasteiger charge is 2.29. The normalized spacial score (nSPS) is 17.3. The first kappa shape index (κ1) is 24.7. The number of aryl methyl sites for hydroxylation is 1. The van der Waals surface area contributed by atoms with Gasteiger partial charge in [-0.2, -0.15) is 0 Å². The Bertz CT molecular complexity index is 1200. The predicted octanol–water partition coefficient (Wildman–Crippen LogP) is 4.16. The van der Waals surface area contributed by atoms with E-state index < -0.39 is 6.10 Å². The SMILES string of the molecule is CCOC(=O)/C(=C/c1ccc(-n2cnc(C)c2)c(OC)c1)CCCN[C@@H]1c2ccccc2C[C@@H]1O. The van der Waals surface area contributed by atoms with Gasteiger partial charge in [0, 0.05) is 18.2 Å². The predicted molar refractivity (Wildman–Crippen MR) is 136 cm³/mol. The fraction of sp³-hybridized carbons (Fsp3) is 0.357. The van der Waals surface area contributed by atoms with Gasteiger partial charge in [-0.05, 0) is 68.1 Å². The molecular formula is C28H33N3O4. The van der Waals surface area contributed by atoms with E-state index in [2.05, 4.69) is 22.4 Å². The van der Waals surface area contributed by atoms with Gasteiger partial charge in [0.2, 0.25) is 0 Å². The summed E-state index contributed by atoms with van der Waals surface area (Å²) in [6.45, 7) is 4.74. The number of fused-ring (bicyclic) bond motifs is 1. The first-order valence-electron chi connectivity index (χ1n) is 12.1. The van der Waals surface area contributed by atoms with Gasteiger partial charge < -0.3 is 24.5 Å². The highest BCUT2D eigenvalue weighted by Crippen LogP contribution is 2.31. The molecule has 2 atom stereocenters. The Hall–Kier alpha value is -3.42. The Morgan fingerprint density at radius 1 is 1.29 bits per heavy atom. The minimum absolute atomic E-state index is 0.0789. The largest absolute Gasteiger partial charge is 0.495 e. The van der Waals surface area contributed by atoms with Crippen molar-refractivity contribution < 1.29 is 19.4 Å². The summed E-state index contributed by atoms with van der Waals surface area (Å²) in [6, 6.07) is 13.9. The van der Waals surface area contributed by atoms with E-state index in [1.54, 1.807) is 20.4 Å². The molecule has 2 N–H and O–H groups in total. The van der Waals surface area contributed by atoms with Crippen LogP contribution in [0.3, 0.4) is 0 Å². The molecule has 1 aromatic heterocycles. The number of ether oxygens (including phenoxy) is 2. The maximum absolute atomic E-state index is 12.7. The van der Waals surface area contributed by atoms with Crippen LogP contribution in [0.25, 0.3) is 11.8 Å². The third-order valence-corrected chi connectivity index (χ3v) is 6.26. The minimum Gasteiger partial charge on any atom is -0.495 e. The van der Waals surface area contributed by atoms with Crippen molar-refractivity contribution in [2.45, 2.75) is 45.3 Å². The summed E-state index contributed by atoms with van der Waals surface area (Å²) >= 11 is 0. The van der Waals surface area contributed by atoms with E-state index in [0.717, 1.165) is 28.9 Å². The lowest BCUT2D eigenvalue weighted by molar-refractivity contribution is -0.138. The van der Waals surface area contributed by atoms with Crippen molar-refractivity contribution in [1.29, 1.82) is 0 Å². The third kappa shape index (κ3) is 5.81. The van der Waals surface area contributed by atoms with Crippen molar-refractivity contribution in [3.05, 3.63) is 82.9 Å².